The first kappa shape index (κ1) is 18.2. The van der Waals surface area contributed by atoms with Gasteiger partial charge in [0.1, 0.15) is 0 Å². The molecule has 2 aliphatic rings. The highest BCUT2D eigenvalue weighted by Crippen LogP contribution is 2.26. The number of hydrogen-bond donors (Lipinski definition) is 1. The molecule has 23 heavy (non-hydrogen) atoms. The summed E-state index contributed by atoms with van der Waals surface area (Å²) in [5.74, 6) is 0.208. The Labute approximate surface area is 145 Å². The van der Waals surface area contributed by atoms with Crippen molar-refractivity contribution < 1.29 is 4.79 Å². The molecular formula is C18H28ClN3O. The van der Waals surface area contributed by atoms with E-state index in [1.54, 1.807) is 0 Å². The van der Waals surface area contributed by atoms with E-state index in [9.17, 15) is 4.79 Å². The fraction of sp³-hybridized carbons (Fsp3) is 0.611. The molecule has 4 nitrogen and oxygen atoms in total. The number of amides is 1. The molecule has 1 aromatic carbocycles. The number of nitrogens with zero attached hydrogens (tertiary/aromatic N) is 2. The van der Waals surface area contributed by atoms with Crippen molar-refractivity contribution >= 4 is 18.3 Å². The maximum absolute atomic E-state index is 12.8. The van der Waals surface area contributed by atoms with E-state index in [0.717, 1.165) is 56.3 Å². The Bertz CT molecular complexity index is 511. The number of nitrogens with one attached hydrogen (secondary N) is 1. The van der Waals surface area contributed by atoms with Gasteiger partial charge in [-0.05, 0) is 44.5 Å². The molecule has 1 amide bonds. The molecule has 1 aliphatic heterocycles. The van der Waals surface area contributed by atoms with Gasteiger partial charge in [0, 0.05) is 37.8 Å². The van der Waals surface area contributed by atoms with E-state index in [4.69, 9.17) is 0 Å². The van der Waals surface area contributed by atoms with Crippen molar-refractivity contribution in [2.45, 2.75) is 31.7 Å². The molecule has 0 spiro atoms. The lowest BCUT2D eigenvalue weighted by Gasteiger charge is -2.43. The van der Waals surface area contributed by atoms with Crippen LogP contribution in [0.2, 0.25) is 0 Å². The van der Waals surface area contributed by atoms with Crippen molar-refractivity contribution in [1.29, 1.82) is 0 Å². The second-order valence-electron chi connectivity index (χ2n) is 6.42. The van der Waals surface area contributed by atoms with E-state index >= 15 is 0 Å². The second kappa shape index (κ2) is 8.67. The van der Waals surface area contributed by atoms with Crippen molar-refractivity contribution in [3.05, 3.63) is 35.4 Å². The molecule has 5 heteroatoms. The highest BCUT2D eigenvalue weighted by molar-refractivity contribution is 5.95. The molecule has 128 valence electrons. The van der Waals surface area contributed by atoms with Crippen molar-refractivity contribution in [1.82, 2.24) is 15.1 Å². The molecule has 1 aliphatic carbocycles. The maximum atomic E-state index is 12.8. The lowest BCUT2D eigenvalue weighted by molar-refractivity contribution is 0.0454. The van der Waals surface area contributed by atoms with Crippen molar-refractivity contribution in [2.75, 3.05) is 39.8 Å². The minimum Gasteiger partial charge on any atom is -0.336 e. The smallest absolute Gasteiger partial charge is 0.254 e. The molecule has 2 fully saturated rings. The van der Waals surface area contributed by atoms with Gasteiger partial charge in [-0.3, -0.25) is 9.69 Å². The summed E-state index contributed by atoms with van der Waals surface area (Å²) in [4.78, 5) is 17.4. The van der Waals surface area contributed by atoms with E-state index < -0.39 is 0 Å². The number of rotatable bonds is 5. The number of likely N-dealkylation sites (N-methyl/N-ethyl adjacent to an activating group) is 1. The number of carbonyl (C=O) groups is 1. The summed E-state index contributed by atoms with van der Waals surface area (Å²) >= 11 is 0. The normalized spacial score (nSPS) is 19.1. The maximum Gasteiger partial charge on any atom is 0.254 e. The van der Waals surface area contributed by atoms with E-state index in [1.165, 1.54) is 19.3 Å². The lowest BCUT2D eigenvalue weighted by atomic mass is 9.91. The van der Waals surface area contributed by atoms with Crippen LogP contribution in [0.5, 0.6) is 0 Å². The summed E-state index contributed by atoms with van der Waals surface area (Å²) in [5.41, 5.74) is 2.04. The molecule has 1 saturated carbocycles. The molecule has 1 heterocycles. The summed E-state index contributed by atoms with van der Waals surface area (Å²) in [7, 11) is 1.95. The van der Waals surface area contributed by atoms with Crippen molar-refractivity contribution in [3.8, 4) is 0 Å². The van der Waals surface area contributed by atoms with Gasteiger partial charge < -0.3 is 10.2 Å². The quantitative estimate of drug-likeness (QED) is 0.894. The molecule has 1 saturated heterocycles. The molecule has 3 rings (SSSR count). The average Bonchev–Trinajstić information content (AvgIpc) is 2.52. The molecule has 0 atom stereocenters. The molecular weight excluding hydrogens is 310 g/mol. The third kappa shape index (κ3) is 4.25. The molecule has 1 N–H and O–H groups in total. The predicted octanol–water partition coefficient (Wildman–Crippen LogP) is 2.18. The summed E-state index contributed by atoms with van der Waals surface area (Å²) < 4.78 is 0. The predicted molar refractivity (Wildman–Crippen MR) is 96.4 cm³/mol. The fourth-order valence-corrected chi connectivity index (χ4v) is 3.42. The van der Waals surface area contributed by atoms with Crippen LogP contribution in [-0.2, 0) is 6.42 Å². The minimum absolute atomic E-state index is 0. The van der Waals surface area contributed by atoms with Gasteiger partial charge in [0.25, 0.3) is 5.91 Å². The zero-order chi connectivity index (χ0) is 15.4. The summed E-state index contributed by atoms with van der Waals surface area (Å²) in [6.45, 7) is 4.72. The Morgan fingerprint density at radius 3 is 2.48 bits per heavy atom. The molecule has 0 radical (unpaired) electrons. The zero-order valence-electron chi connectivity index (χ0n) is 14.0. The Kier molecular flexibility index (Phi) is 6.88. The van der Waals surface area contributed by atoms with E-state index in [2.05, 4.69) is 16.3 Å². The van der Waals surface area contributed by atoms with Gasteiger partial charge in [-0.25, -0.2) is 0 Å². The largest absolute Gasteiger partial charge is 0.336 e. The highest BCUT2D eigenvalue weighted by Gasteiger charge is 2.29. The summed E-state index contributed by atoms with van der Waals surface area (Å²) in [6.07, 6.45) is 4.98. The third-order valence-electron chi connectivity index (χ3n) is 5.08. The number of benzene rings is 1. The summed E-state index contributed by atoms with van der Waals surface area (Å²) in [5, 5.41) is 3.16. The zero-order valence-corrected chi connectivity index (χ0v) is 14.8. The first-order valence-electron chi connectivity index (χ1n) is 8.55. The molecule has 0 unspecified atom stereocenters. The van der Waals surface area contributed by atoms with Crippen LogP contribution < -0.4 is 5.32 Å². The SMILES string of the molecule is CNCCc1ccccc1C(=O)N1CCN(C2CCC2)CC1.Cl. The standard InChI is InChI=1S/C18H27N3O.ClH/c1-19-10-9-15-5-2-3-8-17(15)18(22)21-13-11-20(12-14-21)16-6-4-7-16;/h2-3,5,8,16,19H,4,6-7,9-14H2,1H3;1H. The topological polar surface area (TPSA) is 35.6 Å². The lowest BCUT2D eigenvalue weighted by Crippen LogP contribution is -2.53. The number of hydrogen-bond acceptors (Lipinski definition) is 3. The van der Waals surface area contributed by atoms with Crippen LogP contribution in [0.1, 0.15) is 35.2 Å². The second-order valence-corrected chi connectivity index (χ2v) is 6.42. The first-order chi connectivity index (χ1) is 10.8. The van der Waals surface area contributed by atoms with Crippen molar-refractivity contribution in [2.24, 2.45) is 0 Å². The molecule has 0 aromatic heterocycles. The van der Waals surface area contributed by atoms with E-state index in [0.29, 0.717) is 0 Å². The van der Waals surface area contributed by atoms with Crippen LogP contribution in [0, 0.1) is 0 Å². The van der Waals surface area contributed by atoms with Gasteiger partial charge in [0.15, 0.2) is 0 Å². The Balaban J connectivity index is 0.00000192. The van der Waals surface area contributed by atoms with Crippen molar-refractivity contribution in [3.63, 3.8) is 0 Å². The van der Waals surface area contributed by atoms with Crippen LogP contribution in [0.3, 0.4) is 0 Å². The van der Waals surface area contributed by atoms with E-state index in [-0.39, 0.29) is 18.3 Å². The number of halogens is 1. The van der Waals surface area contributed by atoms with Gasteiger partial charge in [0.2, 0.25) is 0 Å². The van der Waals surface area contributed by atoms with Gasteiger partial charge in [0.05, 0.1) is 0 Å². The van der Waals surface area contributed by atoms with Crippen LogP contribution in [0.25, 0.3) is 0 Å². The Morgan fingerprint density at radius 2 is 1.87 bits per heavy atom. The van der Waals surface area contributed by atoms with Crippen LogP contribution in [-0.4, -0.2) is 61.5 Å². The van der Waals surface area contributed by atoms with Crippen LogP contribution in [0.4, 0.5) is 0 Å². The molecule has 1 aromatic rings. The number of carbonyl (C=O) groups excluding carboxylic acids is 1. The van der Waals surface area contributed by atoms with Gasteiger partial charge >= 0.3 is 0 Å². The summed E-state index contributed by atoms with van der Waals surface area (Å²) in [6, 6.07) is 8.85. The Hall–Kier alpha value is -1.10. The highest BCUT2D eigenvalue weighted by atomic mass is 35.5. The van der Waals surface area contributed by atoms with Gasteiger partial charge in [-0.1, -0.05) is 24.6 Å². The molecule has 0 bridgehead atoms. The van der Waals surface area contributed by atoms with Gasteiger partial charge in [-0.2, -0.15) is 0 Å². The van der Waals surface area contributed by atoms with Crippen LogP contribution >= 0.6 is 12.4 Å². The monoisotopic (exact) mass is 337 g/mol. The first-order valence-corrected chi connectivity index (χ1v) is 8.55. The van der Waals surface area contributed by atoms with Crippen LogP contribution in [0.15, 0.2) is 24.3 Å². The Morgan fingerprint density at radius 1 is 1.17 bits per heavy atom. The van der Waals surface area contributed by atoms with E-state index in [1.807, 2.05) is 30.1 Å². The van der Waals surface area contributed by atoms with Gasteiger partial charge in [-0.15, -0.1) is 12.4 Å². The minimum atomic E-state index is 0. The average molecular weight is 338 g/mol. The number of piperazine rings is 1. The third-order valence-corrected chi connectivity index (χ3v) is 5.08. The fourth-order valence-electron chi connectivity index (χ4n) is 3.42.